The smallest absolute Gasteiger partial charge is 0.352 e. The van der Waals surface area contributed by atoms with Crippen molar-refractivity contribution in [1.29, 1.82) is 0 Å². The summed E-state index contributed by atoms with van der Waals surface area (Å²) < 4.78 is 3.21. The third kappa shape index (κ3) is 2.56. The number of aromatic carboxylic acids is 1. The molecule has 0 fully saturated rings. The Morgan fingerprint density at radius 2 is 2.00 bits per heavy atom. The van der Waals surface area contributed by atoms with E-state index in [2.05, 4.69) is 31.9 Å². The topological polar surface area (TPSA) is 42.2 Å². The lowest BCUT2D eigenvalue weighted by molar-refractivity contribution is 0.0688. The number of carboxylic acids is 1. The van der Waals surface area contributed by atoms with E-state index in [0.717, 1.165) is 14.6 Å². The van der Waals surface area contributed by atoms with Crippen molar-refractivity contribution in [3.8, 4) is 5.69 Å². The number of halogens is 3. The number of rotatable bonds is 2. The molecule has 0 aliphatic rings. The van der Waals surface area contributed by atoms with Crippen molar-refractivity contribution >= 4 is 49.4 Å². The highest BCUT2D eigenvalue weighted by atomic mass is 79.9. The standard InChI is InChI=1S/C11H6Br2ClNO2/c12-6-1-2-9(8(13)3-6)15-5-7(14)4-10(15)11(16)17/h1-5H,(H,16,17). The highest BCUT2D eigenvalue weighted by Gasteiger charge is 2.14. The molecule has 88 valence electrons. The number of aromatic nitrogens is 1. The van der Waals surface area contributed by atoms with Crippen LogP contribution >= 0.6 is 43.5 Å². The molecule has 2 aromatic rings. The quantitative estimate of drug-likeness (QED) is 0.843. The zero-order valence-corrected chi connectivity index (χ0v) is 12.3. The van der Waals surface area contributed by atoms with Crippen molar-refractivity contribution in [1.82, 2.24) is 4.57 Å². The molecule has 1 aromatic carbocycles. The molecule has 17 heavy (non-hydrogen) atoms. The van der Waals surface area contributed by atoms with Crippen LogP contribution in [-0.2, 0) is 0 Å². The van der Waals surface area contributed by atoms with Gasteiger partial charge in [0.2, 0.25) is 0 Å². The van der Waals surface area contributed by atoms with Gasteiger partial charge < -0.3 is 9.67 Å². The first-order valence-electron chi connectivity index (χ1n) is 4.55. The number of carbonyl (C=O) groups is 1. The Balaban J connectivity index is 2.63. The van der Waals surface area contributed by atoms with E-state index in [1.54, 1.807) is 12.3 Å². The van der Waals surface area contributed by atoms with Crippen molar-refractivity contribution in [3.63, 3.8) is 0 Å². The Bertz CT molecular complexity index is 595. The van der Waals surface area contributed by atoms with Crippen molar-refractivity contribution in [3.05, 3.63) is 50.1 Å². The molecule has 0 radical (unpaired) electrons. The fourth-order valence-corrected chi connectivity index (χ4v) is 2.91. The van der Waals surface area contributed by atoms with E-state index >= 15 is 0 Å². The maximum absolute atomic E-state index is 11.1. The number of hydrogen-bond donors (Lipinski definition) is 1. The largest absolute Gasteiger partial charge is 0.477 e. The first-order chi connectivity index (χ1) is 7.99. The minimum atomic E-state index is -1.02. The van der Waals surface area contributed by atoms with Gasteiger partial charge in [-0.3, -0.25) is 0 Å². The molecular formula is C11H6Br2ClNO2. The van der Waals surface area contributed by atoms with Crippen LogP contribution < -0.4 is 0 Å². The second-order valence-electron chi connectivity index (χ2n) is 3.31. The zero-order chi connectivity index (χ0) is 12.6. The average molecular weight is 379 g/mol. The molecule has 6 heteroatoms. The first-order valence-corrected chi connectivity index (χ1v) is 6.52. The van der Waals surface area contributed by atoms with E-state index in [1.807, 2.05) is 12.1 Å². The van der Waals surface area contributed by atoms with E-state index in [9.17, 15) is 4.79 Å². The molecule has 1 N–H and O–H groups in total. The number of benzene rings is 1. The van der Waals surface area contributed by atoms with Crippen molar-refractivity contribution < 1.29 is 9.90 Å². The van der Waals surface area contributed by atoms with E-state index in [0.29, 0.717) is 5.02 Å². The molecule has 1 heterocycles. The van der Waals surface area contributed by atoms with Gasteiger partial charge in [-0.15, -0.1) is 0 Å². The second kappa shape index (κ2) is 4.84. The SMILES string of the molecule is O=C(O)c1cc(Cl)cn1-c1ccc(Br)cc1Br. The van der Waals surface area contributed by atoms with E-state index in [1.165, 1.54) is 10.6 Å². The van der Waals surface area contributed by atoms with Crippen LogP contribution in [-0.4, -0.2) is 15.6 Å². The highest BCUT2D eigenvalue weighted by molar-refractivity contribution is 9.11. The molecule has 0 atom stereocenters. The lowest BCUT2D eigenvalue weighted by Gasteiger charge is -2.08. The Morgan fingerprint density at radius 1 is 1.29 bits per heavy atom. The fourth-order valence-electron chi connectivity index (χ4n) is 1.47. The number of carboxylic acid groups (broad SMARTS) is 1. The molecule has 0 saturated carbocycles. The normalized spacial score (nSPS) is 10.5. The summed E-state index contributed by atoms with van der Waals surface area (Å²) in [5.41, 5.74) is 0.843. The summed E-state index contributed by atoms with van der Waals surface area (Å²) in [6.07, 6.45) is 1.57. The summed E-state index contributed by atoms with van der Waals surface area (Å²) in [7, 11) is 0. The molecule has 1 aromatic heterocycles. The van der Waals surface area contributed by atoms with Gasteiger partial charge in [-0.1, -0.05) is 27.5 Å². The lowest BCUT2D eigenvalue weighted by atomic mass is 10.3. The molecule has 0 aliphatic heterocycles. The van der Waals surface area contributed by atoms with Gasteiger partial charge in [0.25, 0.3) is 0 Å². The third-order valence-corrected chi connectivity index (χ3v) is 3.51. The summed E-state index contributed by atoms with van der Waals surface area (Å²) >= 11 is 12.6. The molecule has 0 saturated heterocycles. The van der Waals surface area contributed by atoms with Gasteiger partial charge >= 0.3 is 5.97 Å². The van der Waals surface area contributed by atoms with Gasteiger partial charge in [-0.2, -0.15) is 0 Å². The molecule has 0 amide bonds. The minimum absolute atomic E-state index is 0.123. The van der Waals surface area contributed by atoms with Crippen molar-refractivity contribution in [2.24, 2.45) is 0 Å². The summed E-state index contributed by atoms with van der Waals surface area (Å²) in [6, 6.07) is 6.89. The van der Waals surface area contributed by atoms with Crippen LogP contribution in [0, 0.1) is 0 Å². The Labute approximate surface area is 119 Å². The Kier molecular flexibility index (Phi) is 3.61. The van der Waals surface area contributed by atoms with Crippen LogP contribution in [0.1, 0.15) is 10.5 Å². The van der Waals surface area contributed by atoms with Crippen LogP contribution in [0.2, 0.25) is 5.02 Å². The van der Waals surface area contributed by atoms with Crippen LogP contribution in [0.5, 0.6) is 0 Å². The predicted molar refractivity (Wildman–Crippen MR) is 73.1 cm³/mol. The second-order valence-corrected chi connectivity index (χ2v) is 5.52. The van der Waals surface area contributed by atoms with Gasteiger partial charge in [-0.05, 0) is 40.2 Å². The molecule has 3 nitrogen and oxygen atoms in total. The van der Waals surface area contributed by atoms with Crippen LogP contribution in [0.15, 0.2) is 39.4 Å². The van der Waals surface area contributed by atoms with Gasteiger partial charge in [0, 0.05) is 15.1 Å². The first kappa shape index (κ1) is 12.7. The van der Waals surface area contributed by atoms with Gasteiger partial charge in [0.1, 0.15) is 5.69 Å². The minimum Gasteiger partial charge on any atom is -0.477 e. The summed E-state index contributed by atoms with van der Waals surface area (Å²) in [4.78, 5) is 11.1. The number of nitrogens with zero attached hydrogens (tertiary/aromatic N) is 1. The maximum Gasteiger partial charge on any atom is 0.352 e. The molecule has 0 bridgehead atoms. The Hall–Kier alpha value is -0.780. The van der Waals surface area contributed by atoms with E-state index < -0.39 is 5.97 Å². The lowest BCUT2D eigenvalue weighted by Crippen LogP contribution is -2.06. The van der Waals surface area contributed by atoms with Crippen molar-refractivity contribution in [2.45, 2.75) is 0 Å². The Morgan fingerprint density at radius 3 is 2.59 bits per heavy atom. The van der Waals surface area contributed by atoms with Crippen LogP contribution in [0.3, 0.4) is 0 Å². The maximum atomic E-state index is 11.1. The van der Waals surface area contributed by atoms with Crippen LogP contribution in [0.25, 0.3) is 5.69 Å². The molecular weight excluding hydrogens is 373 g/mol. The van der Waals surface area contributed by atoms with Crippen LogP contribution in [0.4, 0.5) is 0 Å². The van der Waals surface area contributed by atoms with Gasteiger partial charge in [0.15, 0.2) is 0 Å². The van der Waals surface area contributed by atoms with E-state index in [-0.39, 0.29) is 5.69 Å². The molecule has 2 rings (SSSR count). The molecule has 0 spiro atoms. The highest BCUT2D eigenvalue weighted by Crippen LogP contribution is 2.28. The monoisotopic (exact) mass is 377 g/mol. The fraction of sp³-hybridized carbons (Fsp3) is 0. The predicted octanol–water partition coefficient (Wildman–Crippen LogP) is 4.35. The van der Waals surface area contributed by atoms with Gasteiger partial charge in [-0.25, -0.2) is 4.79 Å². The third-order valence-electron chi connectivity index (χ3n) is 2.17. The summed E-state index contributed by atoms with van der Waals surface area (Å²) in [5.74, 6) is -1.02. The van der Waals surface area contributed by atoms with Crippen molar-refractivity contribution in [2.75, 3.05) is 0 Å². The van der Waals surface area contributed by atoms with Gasteiger partial charge in [0.05, 0.1) is 10.7 Å². The zero-order valence-electron chi connectivity index (χ0n) is 8.32. The average Bonchev–Trinajstić information content (AvgIpc) is 2.60. The summed E-state index contributed by atoms with van der Waals surface area (Å²) in [5, 5.41) is 9.47. The number of hydrogen-bond acceptors (Lipinski definition) is 1. The summed E-state index contributed by atoms with van der Waals surface area (Å²) in [6.45, 7) is 0. The molecule has 0 unspecified atom stereocenters. The molecule has 0 aliphatic carbocycles. The van der Waals surface area contributed by atoms with E-state index in [4.69, 9.17) is 16.7 Å².